The predicted octanol–water partition coefficient (Wildman–Crippen LogP) is 7.40. The number of azo groups is 1. The van der Waals surface area contributed by atoms with Crippen LogP contribution in [0.1, 0.15) is 15.9 Å². The lowest BCUT2D eigenvalue weighted by Crippen LogP contribution is -2.12. The third-order valence-corrected chi connectivity index (χ3v) is 8.11. The number of aromatic nitrogens is 5. The Bertz CT molecular complexity index is 2180. The highest BCUT2D eigenvalue weighted by Crippen LogP contribution is 2.42. The number of rotatable bonds is 6. The number of nitrogens with zero attached hydrogens (tertiary/aromatic N) is 8. The topological polar surface area (TPSA) is 154 Å². The quantitative estimate of drug-likeness (QED) is 0.189. The Morgan fingerprint density at radius 2 is 1.86 bits per heavy atom. The second kappa shape index (κ2) is 10.9. The maximum Gasteiger partial charge on any atom is 0.264 e. The summed E-state index contributed by atoms with van der Waals surface area (Å²) in [6.07, 6.45) is 1.33. The Labute approximate surface area is 251 Å². The van der Waals surface area contributed by atoms with Gasteiger partial charge in [-0.1, -0.05) is 42.5 Å². The Morgan fingerprint density at radius 1 is 1.02 bits per heavy atom. The van der Waals surface area contributed by atoms with Gasteiger partial charge in [-0.05, 0) is 53.3 Å². The summed E-state index contributed by atoms with van der Waals surface area (Å²) in [6, 6.07) is 26.1. The van der Waals surface area contributed by atoms with Gasteiger partial charge in [0.15, 0.2) is 11.6 Å². The molecule has 0 bridgehead atoms. The molecule has 1 amide bonds. The van der Waals surface area contributed by atoms with E-state index in [9.17, 15) is 15.2 Å². The van der Waals surface area contributed by atoms with E-state index >= 15 is 0 Å². The maximum absolute atomic E-state index is 13.4. The molecular formula is C30H17N9O2S2. The van der Waals surface area contributed by atoms with E-state index in [0.29, 0.717) is 16.5 Å². The van der Waals surface area contributed by atoms with Gasteiger partial charge in [0.2, 0.25) is 0 Å². The lowest BCUT2D eigenvalue weighted by atomic mass is 10.0. The smallest absolute Gasteiger partial charge is 0.264 e. The molecule has 7 aromatic rings. The van der Waals surface area contributed by atoms with Crippen molar-refractivity contribution in [2.75, 3.05) is 5.32 Å². The first-order chi connectivity index (χ1) is 21.1. The molecule has 0 unspecified atom stereocenters. The largest absolute Gasteiger partial charge is 0.505 e. The molecule has 11 nitrogen and oxygen atoms in total. The molecule has 4 aromatic carbocycles. The van der Waals surface area contributed by atoms with E-state index in [0.717, 1.165) is 32.3 Å². The number of carbonyl (C=O) groups excluding carboxylic acids is 1. The van der Waals surface area contributed by atoms with Gasteiger partial charge in [0.05, 0.1) is 22.0 Å². The summed E-state index contributed by atoms with van der Waals surface area (Å²) in [5.74, 6) is -0.583. The van der Waals surface area contributed by atoms with Gasteiger partial charge in [-0.15, -0.1) is 21.6 Å². The van der Waals surface area contributed by atoms with E-state index in [2.05, 4.69) is 30.0 Å². The van der Waals surface area contributed by atoms with Crippen LogP contribution in [-0.2, 0) is 0 Å². The van der Waals surface area contributed by atoms with Crippen LogP contribution in [0.5, 0.6) is 5.75 Å². The van der Waals surface area contributed by atoms with E-state index in [-0.39, 0.29) is 34.3 Å². The first-order valence-corrected chi connectivity index (χ1v) is 14.4. The van der Waals surface area contributed by atoms with Crippen molar-refractivity contribution in [2.24, 2.45) is 10.2 Å². The minimum absolute atomic E-state index is 0.00179. The molecule has 206 valence electrons. The number of phenols is 1. The lowest BCUT2D eigenvalue weighted by molar-refractivity contribution is 0.102. The van der Waals surface area contributed by atoms with E-state index in [1.165, 1.54) is 16.4 Å². The fourth-order valence-corrected chi connectivity index (χ4v) is 5.89. The number of nitrogens with one attached hydrogen (secondary N) is 1. The van der Waals surface area contributed by atoms with E-state index in [1.807, 2.05) is 48.5 Å². The minimum Gasteiger partial charge on any atom is -0.505 e. The average molecular weight is 600 g/mol. The number of aromatic hydroxyl groups is 1. The third-order valence-electron chi connectivity index (χ3n) is 6.55. The molecule has 0 saturated heterocycles. The van der Waals surface area contributed by atoms with Crippen molar-refractivity contribution in [3.8, 4) is 28.3 Å². The molecule has 13 heteroatoms. The van der Waals surface area contributed by atoms with Crippen molar-refractivity contribution in [1.29, 1.82) is 5.26 Å². The van der Waals surface area contributed by atoms with Gasteiger partial charge in [-0.25, -0.2) is 9.97 Å². The number of benzene rings is 4. The number of thiazole rings is 1. The summed E-state index contributed by atoms with van der Waals surface area (Å²) < 4.78 is 6.50. The molecule has 0 atom stereocenters. The van der Waals surface area contributed by atoms with Crippen LogP contribution in [0.25, 0.3) is 37.5 Å². The van der Waals surface area contributed by atoms with Crippen molar-refractivity contribution < 1.29 is 9.90 Å². The number of fused-ring (bicyclic) bond motifs is 2. The van der Waals surface area contributed by atoms with Crippen LogP contribution in [0.15, 0.2) is 101 Å². The molecule has 0 aliphatic heterocycles. The Hall–Kier alpha value is -5.84. The van der Waals surface area contributed by atoms with Crippen LogP contribution in [0, 0.1) is 11.3 Å². The first-order valence-electron chi connectivity index (χ1n) is 12.8. The van der Waals surface area contributed by atoms with Crippen LogP contribution < -0.4 is 5.32 Å². The minimum atomic E-state index is -0.526. The van der Waals surface area contributed by atoms with Crippen molar-refractivity contribution in [1.82, 2.24) is 24.1 Å². The summed E-state index contributed by atoms with van der Waals surface area (Å²) in [4.78, 5) is 22.3. The zero-order valence-corrected chi connectivity index (χ0v) is 23.5. The molecule has 0 spiro atoms. The van der Waals surface area contributed by atoms with Gasteiger partial charge in [-0.2, -0.15) is 19.4 Å². The highest BCUT2D eigenvalue weighted by molar-refractivity contribution is 7.21. The van der Waals surface area contributed by atoms with E-state index < -0.39 is 5.91 Å². The first kappa shape index (κ1) is 26.1. The lowest BCUT2D eigenvalue weighted by Gasteiger charge is -2.12. The van der Waals surface area contributed by atoms with Crippen LogP contribution in [0.4, 0.5) is 17.2 Å². The molecule has 0 fully saturated rings. The van der Waals surface area contributed by atoms with Gasteiger partial charge in [0.1, 0.15) is 27.8 Å². The Balaban J connectivity index is 1.38. The molecule has 3 heterocycles. The number of hydrogen-bond acceptors (Lipinski definition) is 11. The zero-order chi connectivity index (χ0) is 29.3. The summed E-state index contributed by atoms with van der Waals surface area (Å²) in [5, 5.41) is 38.7. The second-order valence-electron chi connectivity index (χ2n) is 9.20. The maximum atomic E-state index is 13.4. The fourth-order valence-electron chi connectivity index (χ4n) is 4.52. The fraction of sp³-hybridized carbons (Fsp3) is 0. The normalized spacial score (nSPS) is 11.3. The number of anilines is 1. The summed E-state index contributed by atoms with van der Waals surface area (Å²) in [5.41, 5.74) is 4.02. The number of para-hydroxylation sites is 2. The van der Waals surface area contributed by atoms with E-state index in [4.69, 9.17) is 4.98 Å². The Morgan fingerprint density at radius 3 is 2.65 bits per heavy atom. The predicted molar refractivity (Wildman–Crippen MR) is 165 cm³/mol. The van der Waals surface area contributed by atoms with Crippen LogP contribution >= 0.6 is 22.9 Å². The van der Waals surface area contributed by atoms with Crippen LogP contribution in [-0.4, -0.2) is 35.1 Å². The van der Waals surface area contributed by atoms with Gasteiger partial charge >= 0.3 is 0 Å². The molecule has 7 rings (SSSR count). The summed E-state index contributed by atoms with van der Waals surface area (Å²) in [7, 11) is 0. The molecular weight excluding hydrogens is 583 g/mol. The van der Waals surface area contributed by atoms with Crippen molar-refractivity contribution in [3.63, 3.8) is 0 Å². The van der Waals surface area contributed by atoms with Gasteiger partial charge in [0, 0.05) is 16.6 Å². The molecule has 3 aromatic heterocycles. The SMILES string of the molecule is N#Cc1cnn(-c2ncsn2)c1N=Nc1c(O)c(C(=O)Nc2ccccc2)cc2cc(-c3nc4ccccc4s3)ccc12. The molecule has 43 heavy (non-hydrogen) atoms. The molecule has 0 aliphatic rings. The van der Waals surface area contributed by atoms with Crippen molar-refractivity contribution in [2.45, 2.75) is 0 Å². The average Bonchev–Trinajstić information content (AvgIpc) is 3.80. The number of hydrogen-bond donors (Lipinski definition) is 2. The van der Waals surface area contributed by atoms with Gasteiger partial charge in [0.25, 0.3) is 11.9 Å². The van der Waals surface area contributed by atoms with Crippen LogP contribution in [0.2, 0.25) is 0 Å². The number of phenolic OH excluding ortho intramolecular Hbond substituents is 1. The number of carbonyl (C=O) groups is 1. The molecule has 2 N–H and O–H groups in total. The number of nitriles is 1. The summed E-state index contributed by atoms with van der Waals surface area (Å²) >= 11 is 2.68. The van der Waals surface area contributed by atoms with E-state index in [1.54, 1.807) is 47.7 Å². The van der Waals surface area contributed by atoms with Gasteiger partial charge in [-0.3, -0.25) is 4.79 Å². The molecule has 0 radical (unpaired) electrons. The molecule has 0 aliphatic carbocycles. The van der Waals surface area contributed by atoms with Crippen molar-refractivity contribution >= 4 is 67.0 Å². The third kappa shape index (κ3) is 4.86. The van der Waals surface area contributed by atoms with Crippen LogP contribution in [0.3, 0.4) is 0 Å². The standard InChI is InChI=1S/C30H17N9O2S2/c31-14-19-15-33-39(30-32-16-42-38-30)27(19)37-36-25-21-11-10-17(29-35-23-8-4-5-9-24(23)43-29)12-18(21)13-22(26(25)40)28(41)34-20-6-2-1-3-7-20/h1-13,15-16,40H,(H,34,41). The van der Waals surface area contributed by atoms with Gasteiger partial charge < -0.3 is 10.4 Å². The number of amides is 1. The van der Waals surface area contributed by atoms with Crippen molar-refractivity contribution in [3.05, 3.63) is 102 Å². The monoisotopic (exact) mass is 599 g/mol. The zero-order valence-electron chi connectivity index (χ0n) is 21.9. The second-order valence-corrected chi connectivity index (χ2v) is 10.8. The molecule has 0 saturated carbocycles. The summed E-state index contributed by atoms with van der Waals surface area (Å²) in [6.45, 7) is 0. The highest BCUT2D eigenvalue weighted by atomic mass is 32.1. The Kier molecular flexibility index (Phi) is 6.59. The highest BCUT2D eigenvalue weighted by Gasteiger charge is 2.21.